The molecule has 0 amide bonds. The van der Waals surface area contributed by atoms with E-state index < -0.39 is 0 Å². The van der Waals surface area contributed by atoms with Crippen LogP contribution in [0.4, 0.5) is 0 Å². The summed E-state index contributed by atoms with van der Waals surface area (Å²) in [6, 6.07) is 16.2. The maximum atomic E-state index is 13.4. The van der Waals surface area contributed by atoms with E-state index in [0.29, 0.717) is 52.4 Å². The highest BCUT2D eigenvalue weighted by Gasteiger charge is 2.24. The summed E-state index contributed by atoms with van der Waals surface area (Å²) in [4.78, 5) is 13.4. The summed E-state index contributed by atoms with van der Waals surface area (Å²) >= 11 is 0. The molecule has 164 valence electrons. The second-order valence-electron chi connectivity index (χ2n) is 7.47. The van der Waals surface area contributed by atoms with Crippen LogP contribution in [0.15, 0.2) is 63.8 Å². The molecule has 2 heterocycles. The van der Waals surface area contributed by atoms with E-state index in [1.165, 1.54) is 7.11 Å². The van der Waals surface area contributed by atoms with Crippen LogP contribution in [0, 0.1) is 0 Å². The van der Waals surface area contributed by atoms with Crippen LogP contribution in [0.5, 0.6) is 23.0 Å². The van der Waals surface area contributed by atoms with Gasteiger partial charge in [-0.05, 0) is 29.8 Å². The van der Waals surface area contributed by atoms with Gasteiger partial charge in [0.2, 0.25) is 5.43 Å². The fourth-order valence-electron chi connectivity index (χ4n) is 3.51. The maximum Gasteiger partial charge on any atom is 0.204 e. The van der Waals surface area contributed by atoms with E-state index in [1.807, 2.05) is 24.3 Å². The molecule has 1 aromatic heterocycles. The molecule has 32 heavy (non-hydrogen) atoms. The van der Waals surface area contributed by atoms with E-state index in [1.54, 1.807) is 37.4 Å². The zero-order valence-electron chi connectivity index (χ0n) is 17.8. The highest BCUT2D eigenvalue weighted by Crippen LogP contribution is 2.34. The molecule has 1 aliphatic rings. The molecule has 0 radical (unpaired) electrons. The number of benzene rings is 3. The van der Waals surface area contributed by atoms with Gasteiger partial charge in [-0.15, -0.1) is 0 Å². The van der Waals surface area contributed by atoms with Gasteiger partial charge in [0, 0.05) is 12.1 Å². The molecular formula is C25H22O7. The van der Waals surface area contributed by atoms with Gasteiger partial charge in [-0.2, -0.15) is 0 Å². The van der Waals surface area contributed by atoms with E-state index >= 15 is 0 Å². The molecular weight excluding hydrogens is 412 g/mol. The van der Waals surface area contributed by atoms with Crippen molar-refractivity contribution in [2.24, 2.45) is 0 Å². The first kappa shape index (κ1) is 20.2. The Morgan fingerprint density at radius 1 is 0.938 bits per heavy atom. The number of epoxide rings is 1. The summed E-state index contributed by atoms with van der Waals surface area (Å²) in [7, 11) is 3.16. The monoisotopic (exact) mass is 434 g/mol. The van der Waals surface area contributed by atoms with Crippen molar-refractivity contribution >= 4 is 21.9 Å². The third-order valence-corrected chi connectivity index (χ3v) is 5.31. The van der Waals surface area contributed by atoms with Crippen molar-refractivity contribution in [1.82, 2.24) is 0 Å². The molecule has 1 saturated heterocycles. The molecule has 0 spiro atoms. The third-order valence-electron chi connectivity index (χ3n) is 5.31. The van der Waals surface area contributed by atoms with E-state index in [0.717, 1.165) is 11.3 Å². The molecule has 7 heteroatoms. The lowest BCUT2D eigenvalue weighted by atomic mass is 10.1. The first-order valence-corrected chi connectivity index (χ1v) is 10.2. The minimum absolute atomic E-state index is 0.0954. The Hall–Kier alpha value is -3.71. The van der Waals surface area contributed by atoms with Gasteiger partial charge in [0.05, 0.1) is 26.2 Å². The largest absolute Gasteiger partial charge is 0.497 e. The molecule has 4 aromatic rings. The van der Waals surface area contributed by atoms with Crippen molar-refractivity contribution in [2.75, 3.05) is 27.4 Å². The fraction of sp³-hybridized carbons (Fsp3) is 0.240. The Morgan fingerprint density at radius 2 is 1.75 bits per heavy atom. The topological polar surface area (TPSA) is 79.7 Å². The molecule has 0 aliphatic carbocycles. The molecule has 1 unspecified atom stereocenters. The zero-order valence-corrected chi connectivity index (χ0v) is 17.8. The first-order chi connectivity index (χ1) is 15.7. The summed E-state index contributed by atoms with van der Waals surface area (Å²) in [5, 5.41) is 0.778. The normalized spacial score (nSPS) is 15.0. The van der Waals surface area contributed by atoms with E-state index in [4.69, 9.17) is 28.1 Å². The summed E-state index contributed by atoms with van der Waals surface area (Å²) < 4.78 is 33.8. The van der Waals surface area contributed by atoms with Gasteiger partial charge in [-0.25, -0.2) is 0 Å². The third kappa shape index (κ3) is 3.94. The predicted molar refractivity (Wildman–Crippen MR) is 119 cm³/mol. The SMILES string of the molecule is COc1ccc(COc2cc(OCC3CO3)cc3oc4c(OC)cccc4c(=O)c23)cc1. The summed E-state index contributed by atoms with van der Waals surface area (Å²) in [6.45, 7) is 1.37. The van der Waals surface area contributed by atoms with Gasteiger partial charge in [0.25, 0.3) is 0 Å². The van der Waals surface area contributed by atoms with Crippen LogP contribution in [0.3, 0.4) is 0 Å². The van der Waals surface area contributed by atoms with Crippen LogP contribution >= 0.6 is 0 Å². The minimum atomic E-state index is -0.193. The number of fused-ring (bicyclic) bond motifs is 2. The zero-order chi connectivity index (χ0) is 22.1. The molecule has 5 rings (SSSR count). The number of rotatable bonds is 8. The standard InChI is InChI=1S/C25H22O7/c1-27-16-8-6-15(7-9-16)12-31-21-10-17(29-13-18-14-30-18)11-22-23(21)24(26)19-4-3-5-20(28-2)25(19)32-22/h3-11,18H,12-14H2,1-2H3. The van der Waals surface area contributed by atoms with Crippen molar-refractivity contribution < 1.29 is 28.1 Å². The molecule has 7 nitrogen and oxygen atoms in total. The second kappa shape index (κ2) is 8.43. The molecule has 0 saturated carbocycles. The molecule has 3 aromatic carbocycles. The summed E-state index contributed by atoms with van der Waals surface area (Å²) in [6.07, 6.45) is 0.0954. The molecule has 0 bridgehead atoms. The number of hydrogen-bond donors (Lipinski definition) is 0. The van der Waals surface area contributed by atoms with Gasteiger partial charge in [0.15, 0.2) is 11.3 Å². The van der Waals surface area contributed by atoms with Crippen molar-refractivity contribution in [2.45, 2.75) is 12.7 Å². The smallest absolute Gasteiger partial charge is 0.204 e. The number of hydrogen-bond acceptors (Lipinski definition) is 7. The van der Waals surface area contributed by atoms with Crippen LogP contribution in [0.25, 0.3) is 21.9 Å². The van der Waals surface area contributed by atoms with Crippen molar-refractivity contribution in [3.63, 3.8) is 0 Å². The van der Waals surface area contributed by atoms with Crippen molar-refractivity contribution in [1.29, 1.82) is 0 Å². The lowest BCUT2D eigenvalue weighted by Gasteiger charge is -2.13. The fourth-order valence-corrected chi connectivity index (χ4v) is 3.51. The first-order valence-electron chi connectivity index (χ1n) is 10.2. The number of para-hydroxylation sites is 1. The highest BCUT2D eigenvalue weighted by molar-refractivity contribution is 5.95. The van der Waals surface area contributed by atoms with Crippen molar-refractivity contribution in [3.8, 4) is 23.0 Å². The van der Waals surface area contributed by atoms with E-state index in [9.17, 15) is 4.79 Å². The van der Waals surface area contributed by atoms with Gasteiger partial charge < -0.3 is 28.1 Å². The molecule has 1 atom stereocenters. The number of ether oxygens (including phenoxy) is 5. The van der Waals surface area contributed by atoms with Crippen LogP contribution < -0.4 is 24.4 Å². The van der Waals surface area contributed by atoms with Crippen LogP contribution in [0.1, 0.15) is 5.56 Å². The Bertz CT molecular complexity index is 1320. The van der Waals surface area contributed by atoms with Gasteiger partial charge in [-0.1, -0.05) is 18.2 Å². The van der Waals surface area contributed by atoms with Gasteiger partial charge >= 0.3 is 0 Å². The molecule has 1 fully saturated rings. The maximum absolute atomic E-state index is 13.4. The van der Waals surface area contributed by atoms with Crippen LogP contribution in [-0.2, 0) is 11.3 Å². The van der Waals surface area contributed by atoms with Gasteiger partial charge in [0.1, 0.15) is 47.5 Å². The average Bonchev–Trinajstić information content (AvgIpc) is 3.66. The Kier molecular flexibility index (Phi) is 5.33. The highest BCUT2D eigenvalue weighted by atomic mass is 16.6. The lowest BCUT2D eigenvalue weighted by molar-refractivity contribution is 0.260. The second-order valence-corrected chi connectivity index (χ2v) is 7.47. The summed E-state index contributed by atoms with van der Waals surface area (Å²) in [5.74, 6) is 2.18. The molecule has 1 aliphatic heterocycles. The summed E-state index contributed by atoms with van der Waals surface area (Å²) in [5.41, 5.74) is 1.49. The van der Waals surface area contributed by atoms with Gasteiger partial charge in [-0.3, -0.25) is 4.79 Å². The Labute approximate surface area is 184 Å². The Balaban J connectivity index is 1.58. The van der Waals surface area contributed by atoms with Crippen LogP contribution in [-0.4, -0.2) is 33.5 Å². The van der Waals surface area contributed by atoms with E-state index in [-0.39, 0.29) is 18.1 Å². The van der Waals surface area contributed by atoms with Crippen molar-refractivity contribution in [3.05, 3.63) is 70.4 Å². The number of methoxy groups -OCH3 is 2. The quantitative estimate of drug-likeness (QED) is 0.302. The molecule has 0 N–H and O–H groups in total. The predicted octanol–water partition coefficient (Wildman–Crippen LogP) is 4.32. The Morgan fingerprint density at radius 3 is 2.47 bits per heavy atom. The minimum Gasteiger partial charge on any atom is -0.497 e. The average molecular weight is 434 g/mol. The van der Waals surface area contributed by atoms with E-state index in [2.05, 4.69) is 0 Å². The lowest BCUT2D eigenvalue weighted by Crippen LogP contribution is -2.08. The van der Waals surface area contributed by atoms with Crippen LogP contribution in [0.2, 0.25) is 0 Å².